The number of hydrogen-bond acceptors (Lipinski definition) is 4. The monoisotopic (exact) mass is 447 g/mol. The number of carbonyl (C=O) groups is 1. The Morgan fingerprint density at radius 1 is 1.00 bits per heavy atom. The van der Waals surface area contributed by atoms with Crippen LogP contribution in [0, 0.1) is 0 Å². The molecule has 1 unspecified atom stereocenters. The number of nitrogens with zero attached hydrogens (tertiary/aromatic N) is 1. The summed E-state index contributed by atoms with van der Waals surface area (Å²) in [6.45, 7) is 7.90. The maximum atomic E-state index is 13.1. The normalized spacial score (nSPS) is 14.4. The Balaban J connectivity index is 2.33. The SMILES string of the molecule is CN(CC(CC=O)(COCC[Si](C)(C)C)c1ccccc1)S(=O)(=O)c1ccccc1. The van der Waals surface area contributed by atoms with Gasteiger partial charge in [0.1, 0.15) is 6.29 Å². The Bertz CT molecular complexity index is 898. The molecule has 1 atom stereocenters. The van der Waals surface area contributed by atoms with Crippen LogP contribution in [0.15, 0.2) is 65.6 Å². The van der Waals surface area contributed by atoms with Crippen molar-refractivity contribution in [2.24, 2.45) is 0 Å². The van der Waals surface area contributed by atoms with Gasteiger partial charge in [-0.25, -0.2) is 8.42 Å². The van der Waals surface area contributed by atoms with Crippen LogP contribution in [0.4, 0.5) is 0 Å². The van der Waals surface area contributed by atoms with E-state index in [1.165, 1.54) is 4.31 Å². The highest BCUT2D eigenvalue weighted by Gasteiger charge is 2.37. The molecule has 2 aromatic rings. The molecule has 7 heteroatoms. The topological polar surface area (TPSA) is 63.7 Å². The summed E-state index contributed by atoms with van der Waals surface area (Å²) in [5.41, 5.74) is 0.152. The number of benzene rings is 2. The zero-order chi connectivity index (χ0) is 22.3. The lowest BCUT2D eigenvalue weighted by Gasteiger charge is -2.36. The third-order valence-electron chi connectivity index (χ3n) is 5.21. The average molecular weight is 448 g/mol. The molecule has 0 saturated heterocycles. The highest BCUT2D eigenvalue weighted by Crippen LogP contribution is 2.31. The van der Waals surface area contributed by atoms with Crippen molar-refractivity contribution in [3.8, 4) is 0 Å². The largest absolute Gasteiger partial charge is 0.381 e. The van der Waals surface area contributed by atoms with Crippen LogP contribution in [-0.4, -0.2) is 53.9 Å². The minimum Gasteiger partial charge on any atom is -0.381 e. The molecular weight excluding hydrogens is 414 g/mol. The summed E-state index contributed by atoms with van der Waals surface area (Å²) in [6, 6.07) is 19.0. The van der Waals surface area contributed by atoms with Gasteiger partial charge in [-0.3, -0.25) is 0 Å². The molecule has 0 heterocycles. The number of sulfonamides is 1. The fourth-order valence-corrected chi connectivity index (χ4v) is 5.38. The first-order valence-corrected chi connectivity index (χ1v) is 15.3. The predicted octanol–water partition coefficient (Wildman–Crippen LogP) is 4.19. The van der Waals surface area contributed by atoms with E-state index in [1.807, 2.05) is 30.3 Å². The number of likely N-dealkylation sites (N-methyl/N-ethyl adjacent to an activating group) is 1. The van der Waals surface area contributed by atoms with E-state index >= 15 is 0 Å². The van der Waals surface area contributed by atoms with E-state index in [4.69, 9.17) is 4.74 Å². The van der Waals surface area contributed by atoms with E-state index in [1.54, 1.807) is 37.4 Å². The second-order valence-corrected chi connectivity index (χ2v) is 16.6. The second kappa shape index (κ2) is 10.5. The lowest BCUT2D eigenvalue weighted by Crippen LogP contribution is -2.45. The maximum absolute atomic E-state index is 13.1. The number of rotatable bonds is 12. The predicted molar refractivity (Wildman–Crippen MR) is 124 cm³/mol. The van der Waals surface area contributed by atoms with Crippen LogP contribution in [0.5, 0.6) is 0 Å². The fourth-order valence-electron chi connectivity index (χ4n) is 3.34. The minimum atomic E-state index is -3.68. The van der Waals surface area contributed by atoms with Crippen molar-refractivity contribution in [2.45, 2.75) is 42.4 Å². The van der Waals surface area contributed by atoms with Crippen LogP contribution < -0.4 is 0 Å². The van der Waals surface area contributed by atoms with E-state index < -0.39 is 23.5 Å². The smallest absolute Gasteiger partial charge is 0.242 e. The van der Waals surface area contributed by atoms with Crippen molar-refractivity contribution in [2.75, 3.05) is 26.8 Å². The lowest BCUT2D eigenvalue weighted by molar-refractivity contribution is -0.109. The molecule has 0 radical (unpaired) electrons. The highest BCUT2D eigenvalue weighted by molar-refractivity contribution is 7.89. The summed E-state index contributed by atoms with van der Waals surface area (Å²) in [4.78, 5) is 11.9. The van der Waals surface area contributed by atoms with Gasteiger partial charge in [-0.05, 0) is 23.7 Å². The van der Waals surface area contributed by atoms with Crippen molar-refractivity contribution in [1.82, 2.24) is 4.31 Å². The molecule has 0 saturated carbocycles. The molecule has 0 fully saturated rings. The molecule has 0 aliphatic rings. The Morgan fingerprint density at radius 3 is 2.10 bits per heavy atom. The first-order valence-electron chi connectivity index (χ1n) is 10.2. The Labute approximate surface area is 182 Å². The van der Waals surface area contributed by atoms with Crippen LogP contribution in [0.2, 0.25) is 25.7 Å². The third-order valence-corrected chi connectivity index (χ3v) is 8.73. The molecule has 0 aliphatic heterocycles. The molecule has 0 amide bonds. The molecule has 30 heavy (non-hydrogen) atoms. The Hall–Kier alpha value is -1.80. The van der Waals surface area contributed by atoms with E-state index in [0.29, 0.717) is 6.61 Å². The van der Waals surface area contributed by atoms with Crippen molar-refractivity contribution in [3.63, 3.8) is 0 Å². The van der Waals surface area contributed by atoms with Gasteiger partial charge in [0.25, 0.3) is 0 Å². The number of hydrogen-bond donors (Lipinski definition) is 0. The van der Waals surface area contributed by atoms with Crippen molar-refractivity contribution in [1.29, 1.82) is 0 Å². The van der Waals surface area contributed by atoms with E-state index in [9.17, 15) is 13.2 Å². The maximum Gasteiger partial charge on any atom is 0.242 e. The molecule has 164 valence electrons. The molecule has 0 bridgehead atoms. The zero-order valence-electron chi connectivity index (χ0n) is 18.4. The van der Waals surface area contributed by atoms with Crippen LogP contribution in [0.25, 0.3) is 0 Å². The van der Waals surface area contributed by atoms with Crippen LogP contribution in [0.1, 0.15) is 12.0 Å². The highest BCUT2D eigenvalue weighted by atomic mass is 32.2. The quantitative estimate of drug-likeness (QED) is 0.278. The Kier molecular flexibility index (Phi) is 8.55. The molecule has 0 aliphatic carbocycles. The molecule has 0 N–H and O–H groups in total. The van der Waals surface area contributed by atoms with E-state index in [2.05, 4.69) is 19.6 Å². The van der Waals surface area contributed by atoms with E-state index in [0.717, 1.165) is 17.9 Å². The number of ether oxygens (including phenoxy) is 1. The van der Waals surface area contributed by atoms with Gasteiger partial charge in [0, 0.05) is 40.1 Å². The van der Waals surface area contributed by atoms with Gasteiger partial charge in [-0.15, -0.1) is 0 Å². The van der Waals surface area contributed by atoms with Gasteiger partial charge in [0.15, 0.2) is 0 Å². The summed E-state index contributed by atoms with van der Waals surface area (Å²) in [5, 5.41) is 0. The summed E-state index contributed by atoms with van der Waals surface area (Å²) in [6.07, 6.45) is 1.04. The van der Waals surface area contributed by atoms with Gasteiger partial charge in [0.05, 0.1) is 11.5 Å². The van der Waals surface area contributed by atoms with Crippen molar-refractivity contribution in [3.05, 3.63) is 66.2 Å². The fraction of sp³-hybridized carbons (Fsp3) is 0.435. The van der Waals surface area contributed by atoms with Crippen LogP contribution >= 0.6 is 0 Å². The summed E-state index contributed by atoms with van der Waals surface area (Å²) in [7, 11) is -3.38. The van der Waals surface area contributed by atoms with Gasteiger partial charge < -0.3 is 9.53 Å². The van der Waals surface area contributed by atoms with Crippen LogP contribution in [-0.2, 0) is 25.0 Å². The summed E-state index contributed by atoms with van der Waals surface area (Å²) >= 11 is 0. The van der Waals surface area contributed by atoms with Gasteiger partial charge in [0.2, 0.25) is 10.0 Å². The number of carbonyl (C=O) groups excluding carboxylic acids is 1. The third kappa shape index (κ3) is 6.60. The number of aldehydes is 1. The second-order valence-electron chi connectivity index (χ2n) is 8.95. The molecule has 2 rings (SSSR count). The Morgan fingerprint density at radius 2 is 1.57 bits per heavy atom. The zero-order valence-corrected chi connectivity index (χ0v) is 20.2. The van der Waals surface area contributed by atoms with Gasteiger partial charge in [-0.2, -0.15) is 4.31 Å². The molecule has 0 aromatic heterocycles. The first kappa shape index (κ1) is 24.5. The van der Waals surface area contributed by atoms with Gasteiger partial charge in [-0.1, -0.05) is 68.2 Å². The summed E-state index contributed by atoms with van der Waals surface area (Å²) < 4.78 is 33.6. The van der Waals surface area contributed by atoms with Crippen molar-refractivity contribution >= 4 is 24.4 Å². The molecule has 5 nitrogen and oxygen atoms in total. The first-order chi connectivity index (χ1) is 14.1. The van der Waals surface area contributed by atoms with Crippen molar-refractivity contribution < 1.29 is 17.9 Å². The standard InChI is InChI=1S/C23H33NO4SSi/c1-24(29(26,27)22-13-9-6-10-14-22)19-23(15-16-25,21-11-7-5-8-12-21)20-28-17-18-30(2,3)4/h5-14,16H,15,17-20H2,1-4H3. The summed E-state index contributed by atoms with van der Waals surface area (Å²) in [5.74, 6) is 0. The lowest BCUT2D eigenvalue weighted by atomic mass is 9.78. The van der Waals surface area contributed by atoms with Gasteiger partial charge >= 0.3 is 0 Å². The average Bonchev–Trinajstić information content (AvgIpc) is 2.71. The van der Waals surface area contributed by atoms with Crippen LogP contribution in [0.3, 0.4) is 0 Å². The molecular formula is C23H33NO4SSi. The van der Waals surface area contributed by atoms with E-state index in [-0.39, 0.29) is 24.5 Å². The molecule has 2 aromatic carbocycles. The minimum absolute atomic E-state index is 0.153. The molecule has 0 spiro atoms.